The molecule has 0 amide bonds. The molecule has 0 aromatic rings. The summed E-state index contributed by atoms with van der Waals surface area (Å²) < 4.78 is 0. The van der Waals surface area contributed by atoms with Gasteiger partial charge in [-0.2, -0.15) is 0 Å². The highest BCUT2D eigenvalue weighted by atomic mass is 15.5. The van der Waals surface area contributed by atoms with Crippen molar-refractivity contribution in [1.82, 2.24) is 10.4 Å². The van der Waals surface area contributed by atoms with Crippen LogP contribution in [0.1, 0.15) is 41.5 Å². The first-order valence-corrected chi connectivity index (χ1v) is 4.75. The highest BCUT2D eigenvalue weighted by Crippen LogP contribution is 2.22. The molecular formula is C11H24N2. The van der Waals surface area contributed by atoms with Crippen LogP contribution in [0.25, 0.3) is 0 Å². The summed E-state index contributed by atoms with van der Waals surface area (Å²) in [7, 11) is 2.04. The van der Waals surface area contributed by atoms with Crippen molar-refractivity contribution >= 4 is 0 Å². The Morgan fingerprint density at radius 1 is 1.08 bits per heavy atom. The van der Waals surface area contributed by atoms with Gasteiger partial charge in [0, 0.05) is 23.7 Å². The number of hydrogen-bond acceptors (Lipinski definition) is 2. The Bertz CT molecular complexity index is 181. The molecule has 0 atom stereocenters. The van der Waals surface area contributed by atoms with Crippen LogP contribution < -0.4 is 5.43 Å². The van der Waals surface area contributed by atoms with Gasteiger partial charge < -0.3 is 5.43 Å². The minimum atomic E-state index is 0.111. The molecule has 2 heteroatoms. The molecule has 0 fully saturated rings. The SMILES string of the molecule is C=C(NN(C)C(C)(C)C)C(C)(C)C. The molecule has 0 spiro atoms. The second-order valence-corrected chi connectivity index (χ2v) is 5.57. The predicted molar refractivity (Wildman–Crippen MR) is 59.2 cm³/mol. The van der Waals surface area contributed by atoms with Gasteiger partial charge in [-0.25, -0.2) is 5.01 Å². The Labute approximate surface area is 83.0 Å². The molecule has 0 aliphatic carbocycles. The summed E-state index contributed by atoms with van der Waals surface area (Å²) >= 11 is 0. The average molecular weight is 184 g/mol. The van der Waals surface area contributed by atoms with Gasteiger partial charge in [-0.05, 0) is 20.8 Å². The molecule has 0 aliphatic heterocycles. The fourth-order valence-corrected chi connectivity index (χ4v) is 0.538. The lowest BCUT2D eigenvalue weighted by Crippen LogP contribution is -2.48. The molecular weight excluding hydrogens is 160 g/mol. The van der Waals surface area contributed by atoms with E-state index >= 15 is 0 Å². The van der Waals surface area contributed by atoms with Crippen LogP contribution in [0, 0.1) is 5.41 Å². The van der Waals surface area contributed by atoms with E-state index in [1.807, 2.05) is 7.05 Å². The number of hydrazine groups is 1. The van der Waals surface area contributed by atoms with E-state index < -0.39 is 0 Å². The monoisotopic (exact) mass is 184 g/mol. The van der Waals surface area contributed by atoms with Crippen LogP contribution >= 0.6 is 0 Å². The molecule has 1 N–H and O–H groups in total. The van der Waals surface area contributed by atoms with E-state index in [1.165, 1.54) is 0 Å². The molecule has 0 saturated heterocycles. The van der Waals surface area contributed by atoms with Crippen molar-refractivity contribution in [3.8, 4) is 0 Å². The van der Waals surface area contributed by atoms with E-state index in [9.17, 15) is 0 Å². The van der Waals surface area contributed by atoms with E-state index in [0.29, 0.717) is 0 Å². The van der Waals surface area contributed by atoms with E-state index in [4.69, 9.17) is 0 Å². The molecule has 78 valence electrons. The molecule has 13 heavy (non-hydrogen) atoms. The first kappa shape index (κ1) is 12.5. The normalized spacial score (nSPS) is 13.2. The number of hydrogen-bond donors (Lipinski definition) is 1. The van der Waals surface area contributed by atoms with Crippen molar-refractivity contribution in [3.05, 3.63) is 12.3 Å². The lowest BCUT2D eigenvalue weighted by atomic mass is 9.93. The van der Waals surface area contributed by atoms with Crippen LogP contribution in [0.2, 0.25) is 0 Å². The van der Waals surface area contributed by atoms with Crippen LogP contribution in [0.15, 0.2) is 12.3 Å². The predicted octanol–water partition coefficient (Wildman–Crippen LogP) is 2.78. The Hall–Kier alpha value is -0.500. The molecule has 0 aliphatic rings. The Morgan fingerprint density at radius 3 is 1.69 bits per heavy atom. The van der Waals surface area contributed by atoms with Crippen LogP contribution in [0.3, 0.4) is 0 Å². The largest absolute Gasteiger partial charge is 0.323 e. The van der Waals surface area contributed by atoms with Crippen LogP contribution in [-0.2, 0) is 0 Å². The summed E-state index contributed by atoms with van der Waals surface area (Å²) in [5.41, 5.74) is 4.57. The average Bonchev–Trinajstić information content (AvgIpc) is 1.82. The lowest BCUT2D eigenvalue weighted by molar-refractivity contribution is 0.114. The summed E-state index contributed by atoms with van der Waals surface area (Å²) in [6, 6.07) is 0. The topological polar surface area (TPSA) is 15.3 Å². The summed E-state index contributed by atoms with van der Waals surface area (Å²) in [5.74, 6) is 0. The first-order chi connectivity index (χ1) is 5.55. The highest BCUT2D eigenvalue weighted by Gasteiger charge is 2.21. The van der Waals surface area contributed by atoms with Gasteiger partial charge in [0.25, 0.3) is 0 Å². The number of nitrogens with one attached hydrogen (secondary N) is 1. The second-order valence-electron chi connectivity index (χ2n) is 5.57. The Morgan fingerprint density at radius 2 is 1.46 bits per heavy atom. The number of nitrogens with zero attached hydrogens (tertiary/aromatic N) is 1. The maximum absolute atomic E-state index is 4.03. The van der Waals surface area contributed by atoms with Crippen molar-refractivity contribution in [2.45, 2.75) is 47.1 Å². The van der Waals surface area contributed by atoms with Crippen LogP contribution in [0.4, 0.5) is 0 Å². The van der Waals surface area contributed by atoms with Crippen molar-refractivity contribution in [2.75, 3.05) is 7.05 Å². The third-order valence-corrected chi connectivity index (χ3v) is 2.21. The lowest BCUT2D eigenvalue weighted by Gasteiger charge is -2.36. The van der Waals surface area contributed by atoms with Gasteiger partial charge in [-0.1, -0.05) is 27.4 Å². The number of allylic oxidation sites excluding steroid dienone is 1. The Kier molecular flexibility index (Phi) is 3.56. The maximum atomic E-state index is 4.03. The molecule has 0 rings (SSSR count). The third-order valence-electron chi connectivity index (χ3n) is 2.21. The summed E-state index contributed by atoms with van der Waals surface area (Å²) in [6.07, 6.45) is 0. The minimum Gasteiger partial charge on any atom is -0.323 e. The van der Waals surface area contributed by atoms with Gasteiger partial charge in [0.15, 0.2) is 0 Å². The third kappa shape index (κ3) is 4.32. The van der Waals surface area contributed by atoms with Gasteiger partial charge >= 0.3 is 0 Å². The standard InChI is InChI=1S/C11H24N2/c1-9(10(2,3)4)12-13(8)11(5,6)7/h12H,1H2,2-8H3. The van der Waals surface area contributed by atoms with E-state index in [2.05, 4.69) is 58.6 Å². The highest BCUT2D eigenvalue weighted by molar-refractivity contribution is 5.01. The molecule has 0 radical (unpaired) electrons. The maximum Gasteiger partial charge on any atom is 0.0314 e. The molecule has 0 bridgehead atoms. The minimum absolute atomic E-state index is 0.111. The molecule has 2 nitrogen and oxygen atoms in total. The van der Waals surface area contributed by atoms with Gasteiger partial charge in [0.2, 0.25) is 0 Å². The van der Waals surface area contributed by atoms with E-state index in [1.54, 1.807) is 0 Å². The summed E-state index contributed by atoms with van der Waals surface area (Å²) in [5, 5.41) is 2.08. The van der Waals surface area contributed by atoms with Crippen molar-refractivity contribution in [3.63, 3.8) is 0 Å². The van der Waals surface area contributed by atoms with Gasteiger partial charge in [-0.3, -0.25) is 0 Å². The van der Waals surface area contributed by atoms with Gasteiger partial charge in [0.05, 0.1) is 0 Å². The molecule has 0 saturated carbocycles. The zero-order valence-corrected chi connectivity index (χ0v) is 10.2. The first-order valence-electron chi connectivity index (χ1n) is 4.75. The zero-order valence-electron chi connectivity index (χ0n) is 10.2. The van der Waals surface area contributed by atoms with Gasteiger partial charge in [-0.15, -0.1) is 0 Å². The van der Waals surface area contributed by atoms with Gasteiger partial charge in [0.1, 0.15) is 0 Å². The fourth-order valence-electron chi connectivity index (χ4n) is 0.538. The zero-order chi connectivity index (χ0) is 10.9. The fraction of sp³-hybridized carbons (Fsp3) is 0.818. The molecule has 0 aromatic carbocycles. The molecule has 0 unspecified atom stereocenters. The molecule has 0 heterocycles. The quantitative estimate of drug-likeness (QED) is 0.664. The second kappa shape index (κ2) is 3.70. The van der Waals surface area contributed by atoms with E-state index in [-0.39, 0.29) is 11.0 Å². The number of rotatable bonds is 2. The van der Waals surface area contributed by atoms with Crippen LogP contribution in [0.5, 0.6) is 0 Å². The van der Waals surface area contributed by atoms with Crippen LogP contribution in [-0.4, -0.2) is 17.6 Å². The smallest absolute Gasteiger partial charge is 0.0314 e. The molecule has 0 aromatic heterocycles. The summed E-state index contributed by atoms with van der Waals surface area (Å²) in [4.78, 5) is 0. The Balaban J connectivity index is 4.24. The van der Waals surface area contributed by atoms with Crippen molar-refractivity contribution in [1.29, 1.82) is 0 Å². The van der Waals surface area contributed by atoms with E-state index in [0.717, 1.165) is 5.70 Å². The van der Waals surface area contributed by atoms with Crippen molar-refractivity contribution in [2.24, 2.45) is 5.41 Å². The van der Waals surface area contributed by atoms with Crippen molar-refractivity contribution < 1.29 is 0 Å². The summed E-state index contributed by atoms with van der Waals surface area (Å²) in [6.45, 7) is 17.0.